The molecule has 1 aliphatic rings. The van der Waals surface area contributed by atoms with Crippen LogP contribution in [0.5, 0.6) is 0 Å². The smallest absolute Gasteiger partial charge is 0.416 e. The van der Waals surface area contributed by atoms with E-state index in [0.717, 1.165) is 38.5 Å². The second-order valence-electron chi connectivity index (χ2n) is 7.69. The summed E-state index contributed by atoms with van der Waals surface area (Å²) in [7, 11) is 1.77. The van der Waals surface area contributed by atoms with Crippen molar-refractivity contribution in [1.29, 1.82) is 0 Å². The van der Waals surface area contributed by atoms with Gasteiger partial charge in [0.15, 0.2) is 6.39 Å². The first-order valence-corrected chi connectivity index (χ1v) is 9.78. The minimum Gasteiger partial charge on any atom is -0.438 e. The molecule has 1 amide bonds. The number of rotatable bonds is 6. The molecule has 0 radical (unpaired) electrons. The van der Waals surface area contributed by atoms with Gasteiger partial charge in [-0.05, 0) is 56.8 Å². The molecule has 158 valence electrons. The van der Waals surface area contributed by atoms with Crippen LogP contribution in [-0.2, 0) is 12.6 Å². The molecule has 0 atom stereocenters. The van der Waals surface area contributed by atoms with Crippen molar-refractivity contribution in [2.24, 2.45) is 5.92 Å². The number of aromatic nitrogens is 1. The van der Waals surface area contributed by atoms with Crippen molar-refractivity contribution in [2.75, 3.05) is 33.2 Å². The summed E-state index contributed by atoms with van der Waals surface area (Å²) in [5.41, 5.74) is 0.698. The minimum absolute atomic E-state index is 0.160. The molecule has 0 spiro atoms. The van der Waals surface area contributed by atoms with Gasteiger partial charge in [-0.15, -0.1) is 0 Å². The van der Waals surface area contributed by atoms with E-state index in [9.17, 15) is 18.0 Å². The highest BCUT2D eigenvalue weighted by atomic mass is 19.4. The third-order valence-corrected chi connectivity index (χ3v) is 5.50. The molecular formula is C21H26F3N3O2. The molecule has 0 unspecified atom stereocenters. The van der Waals surface area contributed by atoms with Gasteiger partial charge in [-0.25, -0.2) is 4.98 Å². The maximum Gasteiger partial charge on any atom is 0.416 e. The zero-order valence-corrected chi connectivity index (χ0v) is 16.7. The number of hydrogen-bond donors (Lipinski definition) is 0. The van der Waals surface area contributed by atoms with Crippen LogP contribution in [0.3, 0.4) is 0 Å². The lowest BCUT2D eigenvalue weighted by Gasteiger charge is -2.33. The fourth-order valence-electron chi connectivity index (χ4n) is 3.73. The summed E-state index contributed by atoms with van der Waals surface area (Å²) in [4.78, 5) is 20.3. The summed E-state index contributed by atoms with van der Waals surface area (Å²) in [5, 5.41) is 0. The Hall–Kier alpha value is -2.35. The normalized spacial score (nSPS) is 16.2. The van der Waals surface area contributed by atoms with Crippen molar-refractivity contribution in [3.8, 4) is 0 Å². The van der Waals surface area contributed by atoms with Gasteiger partial charge in [0, 0.05) is 20.1 Å². The molecule has 1 fully saturated rings. The number of oxazole rings is 1. The van der Waals surface area contributed by atoms with Gasteiger partial charge in [-0.3, -0.25) is 4.79 Å². The topological polar surface area (TPSA) is 49.6 Å². The molecule has 8 heteroatoms. The molecule has 1 aliphatic heterocycles. The first kappa shape index (κ1) is 21.4. The third-order valence-electron chi connectivity index (χ3n) is 5.50. The van der Waals surface area contributed by atoms with Gasteiger partial charge >= 0.3 is 6.18 Å². The number of carbonyl (C=O) groups is 1. The van der Waals surface area contributed by atoms with Crippen LogP contribution in [0.25, 0.3) is 0 Å². The summed E-state index contributed by atoms with van der Waals surface area (Å²) < 4.78 is 43.7. The first-order chi connectivity index (χ1) is 13.7. The van der Waals surface area contributed by atoms with Gasteiger partial charge < -0.3 is 14.2 Å². The number of likely N-dealkylation sites (tertiary alicyclic amines) is 1. The number of piperidine rings is 1. The van der Waals surface area contributed by atoms with Crippen LogP contribution in [0.1, 0.15) is 40.2 Å². The van der Waals surface area contributed by atoms with E-state index in [1.54, 1.807) is 24.9 Å². The Morgan fingerprint density at radius 3 is 2.66 bits per heavy atom. The molecule has 1 aromatic carbocycles. The molecule has 0 aliphatic carbocycles. The minimum atomic E-state index is -4.30. The van der Waals surface area contributed by atoms with Crippen LogP contribution < -0.4 is 0 Å². The van der Waals surface area contributed by atoms with Crippen molar-refractivity contribution in [3.63, 3.8) is 0 Å². The standard InChI is InChI=1S/C21H26F3N3O2/c1-15-19(29-14-25-15)20(28)26(2)13-17-7-10-27(11-8-17)9-6-16-4-3-5-18(12-16)21(22,23)24/h3-5,12,14,17H,6-11,13H2,1-2H3. The van der Waals surface area contributed by atoms with Gasteiger partial charge in [-0.2, -0.15) is 13.2 Å². The quantitative estimate of drug-likeness (QED) is 0.723. The summed E-state index contributed by atoms with van der Waals surface area (Å²) >= 11 is 0. The van der Waals surface area contributed by atoms with Crippen molar-refractivity contribution in [3.05, 3.63) is 53.2 Å². The molecule has 0 saturated carbocycles. The van der Waals surface area contributed by atoms with Crippen LogP contribution >= 0.6 is 0 Å². The fraction of sp³-hybridized carbons (Fsp3) is 0.524. The maximum atomic E-state index is 12.8. The molecule has 1 aromatic heterocycles. The van der Waals surface area contributed by atoms with E-state index in [1.165, 1.54) is 18.5 Å². The van der Waals surface area contributed by atoms with Crippen molar-refractivity contribution < 1.29 is 22.4 Å². The molecule has 2 heterocycles. The van der Waals surface area contributed by atoms with E-state index in [-0.39, 0.29) is 11.7 Å². The summed E-state index contributed by atoms with van der Waals surface area (Å²) in [6.45, 7) is 4.90. The number of benzene rings is 1. The van der Waals surface area contributed by atoms with Crippen molar-refractivity contribution >= 4 is 5.91 Å². The Labute approximate surface area is 168 Å². The van der Waals surface area contributed by atoms with E-state index in [1.807, 2.05) is 0 Å². The van der Waals surface area contributed by atoms with Gasteiger partial charge in [-0.1, -0.05) is 18.2 Å². The van der Waals surface area contributed by atoms with Crippen LogP contribution in [0.15, 0.2) is 35.1 Å². The van der Waals surface area contributed by atoms with Gasteiger partial charge in [0.1, 0.15) is 0 Å². The maximum absolute atomic E-state index is 12.8. The Morgan fingerprint density at radius 2 is 2.03 bits per heavy atom. The monoisotopic (exact) mass is 409 g/mol. The summed E-state index contributed by atoms with van der Waals surface area (Å²) in [6.07, 6.45) is -0.524. The highest BCUT2D eigenvalue weighted by Crippen LogP contribution is 2.29. The van der Waals surface area contributed by atoms with Gasteiger partial charge in [0.05, 0.1) is 11.3 Å². The molecule has 0 bridgehead atoms. The van der Waals surface area contributed by atoms with Crippen LogP contribution in [0, 0.1) is 12.8 Å². The third kappa shape index (κ3) is 5.59. The van der Waals surface area contributed by atoms with Crippen molar-refractivity contribution in [2.45, 2.75) is 32.4 Å². The highest BCUT2D eigenvalue weighted by molar-refractivity contribution is 5.92. The number of aryl methyl sites for hydroxylation is 1. The van der Waals surface area contributed by atoms with Crippen LogP contribution in [-0.4, -0.2) is 53.9 Å². The predicted octanol–water partition coefficient (Wildman–Crippen LogP) is 4.03. The van der Waals surface area contributed by atoms with E-state index in [0.29, 0.717) is 30.1 Å². The largest absolute Gasteiger partial charge is 0.438 e. The molecule has 2 aromatic rings. The Balaban J connectivity index is 1.44. The molecule has 1 saturated heterocycles. The van der Waals surface area contributed by atoms with Gasteiger partial charge in [0.25, 0.3) is 5.91 Å². The Morgan fingerprint density at radius 1 is 1.31 bits per heavy atom. The van der Waals surface area contributed by atoms with E-state index in [4.69, 9.17) is 4.42 Å². The Bertz CT molecular complexity index is 827. The van der Waals surface area contributed by atoms with E-state index < -0.39 is 11.7 Å². The lowest BCUT2D eigenvalue weighted by atomic mass is 9.95. The fourth-order valence-corrected chi connectivity index (χ4v) is 3.73. The molecular weight excluding hydrogens is 383 g/mol. The van der Waals surface area contributed by atoms with E-state index >= 15 is 0 Å². The lowest BCUT2D eigenvalue weighted by molar-refractivity contribution is -0.137. The van der Waals surface area contributed by atoms with Crippen molar-refractivity contribution in [1.82, 2.24) is 14.8 Å². The van der Waals surface area contributed by atoms with E-state index in [2.05, 4.69) is 9.88 Å². The number of alkyl halides is 3. The average Bonchev–Trinajstić information content (AvgIpc) is 3.12. The van der Waals surface area contributed by atoms with Crippen LogP contribution in [0.4, 0.5) is 13.2 Å². The number of halogens is 3. The number of amides is 1. The number of nitrogens with zero attached hydrogens (tertiary/aromatic N) is 3. The molecule has 29 heavy (non-hydrogen) atoms. The number of carbonyl (C=O) groups excluding carboxylic acids is 1. The zero-order chi connectivity index (χ0) is 21.0. The SMILES string of the molecule is Cc1ncoc1C(=O)N(C)CC1CCN(CCc2cccc(C(F)(F)F)c2)CC1. The summed E-state index contributed by atoms with van der Waals surface area (Å²) in [5.74, 6) is 0.523. The second-order valence-corrected chi connectivity index (χ2v) is 7.69. The summed E-state index contributed by atoms with van der Waals surface area (Å²) in [6, 6.07) is 5.55. The first-order valence-electron chi connectivity index (χ1n) is 9.78. The average molecular weight is 409 g/mol. The molecule has 0 N–H and O–H groups in total. The highest BCUT2D eigenvalue weighted by Gasteiger charge is 2.30. The Kier molecular flexibility index (Phi) is 6.62. The predicted molar refractivity (Wildman–Crippen MR) is 103 cm³/mol. The lowest BCUT2D eigenvalue weighted by Crippen LogP contribution is -2.40. The second kappa shape index (κ2) is 8.98. The van der Waals surface area contributed by atoms with Gasteiger partial charge in [0.2, 0.25) is 5.76 Å². The number of hydrogen-bond acceptors (Lipinski definition) is 4. The molecule has 5 nitrogen and oxygen atoms in total. The van der Waals surface area contributed by atoms with Crippen LogP contribution in [0.2, 0.25) is 0 Å². The molecule has 3 rings (SSSR count). The zero-order valence-electron chi connectivity index (χ0n) is 16.7.